The largest absolute Gasteiger partial charge is 0.481 e. The third-order valence-electron chi connectivity index (χ3n) is 4.82. The molecule has 196 valence electrons. The molecule has 13 nitrogen and oxygen atoms in total. The zero-order valence-electron chi connectivity index (χ0n) is 19.5. The Balaban J connectivity index is 3.01. The number of nitrogens with one attached hydrogen (secondary N) is 4. The van der Waals surface area contributed by atoms with E-state index >= 15 is 0 Å². The van der Waals surface area contributed by atoms with Crippen molar-refractivity contribution in [2.24, 2.45) is 5.73 Å². The molecule has 0 saturated carbocycles. The lowest BCUT2D eigenvalue weighted by Gasteiger charge is -2.25. The number of imidazole rings is 1. The number of rotatable bonds is 17. The third-order valence-corrected chi connectivity index (χ3v) is 6.11. The number of carbonyl (C=O) groups excluding carboxylic acids is 3. The van der Waals surface area contributed by atoms with Gasteiger partial charge in [-0.2, -0.15) is 23.5 Å². The molecule has 0 aromatic carbocycles. The molecule has 0 saturated heterocycles. The molecule has 1 rings (SSSR count). The SMILES string of the molecule is CSCCC(N)C(=O)NC(Cc1cnc[nH]1)C(=O)NC(CCSC)C(=O)NC(CC(=O)O)C(=O)O. The molecule has 0 radical (unpaired) electrons. The van der Waals surface area contributed by atoms with Gasteiger partial charge in [-0.25, -0.2) is 9.78 Å². The molecule has 0 aliphatic heterocycles. The molecule has 4 unspecified atom stereocenters. The lowest BCUT2D eigenvalue weighted by molar-refractivity contribution is -0.147. The zero-order chi connectivity index (χ0) is 26.4. The summed E-state index contributed by atoms with van der Waals surface area (Å²) in [4.78, 5) is 67.4. The maximum atomic E-state index is 13.1. The second kappa shape index (κ2) is 16.0. The van der Waals surface area contributed by atoms with Gasteiger partial charge in [0.2, 0.25) is 17.7 Å². The fourth-order valence-electron chi connectivity index (χ4n) is 2.90. The number of nitrogens with two attached hydrogens (primary N) is 1. The molecule has 1 aromatic rings. The molecular formula is C20H32N6O7S2. The van der Waals surface area contributed by atoms with E-state index in [0.29, 0.717) is 23.6 Å². The van der Waals surface area contributed by atoms with E-state index in [2.05, 4.69) is 25.9 Å². The molecular weight excluding hydrogens is 500 g/mol. The van der Waals surface area contributed by atoms with E-state index in [9.17, 15) is 29.1 Å². The van der Waals surface area contributed by atoms with Gasteiger partial charge in [0, 0.05) is 18.3 Å². The van der Waals surface area contributed by atoms with Crippen molar-refractivity contribution in [1.29, 1.82) is 0 Å². The van der Waals surface area contributed by atoms with E-state index in [0.717, 1.165) is 0 Å². The van der Waals surface area contributed by atoms with Crippen LogP contribution in [0.15, 0.2) is 12.5 Å². The van der Waals surface area contributed by atoms with E-state index in [1.54, 1.807) is 6.26 Å². The highest BCUT2D eigenvalue weighted by Gasteiger charge is 2.31. The molecule has 8 N–H and O–H groups in total. The summed E-state index contributed by atoms with van der Waals surface area (Å²) in [7, 11) is 0. The van der Waals surface area contributed by atoms with E-state index in [-0.39, 0.29) is 12.8 Å². The number of hydrogen-bond donors (Lipinski definition) is 7. The minimum atomic E-state index is -1.66. The summed E-state index contributed by atoms with van der Waals surface area (Å²) in [6.07, 6.45) is 6.35. The molecule has 0 spiro atoms. The Morgan fingerprint density at radius 3 is 2.06 bits per heavy atom. The number of nitrogens with zero attached hydrogens (tertiary/aromatic N) is 1. The molecule has 0 bridgehead atoms. The maximum absolute atomic E-state index is 13.1. The van der Waals surface area contributed by atoms with Crippen molar-refractivity contribution in [1.82, 2.24) is 25.9 Å². The third kappa shape index (κ3) is 11.5. The first-order valence-electron chi connectivity index (χ1n) is 10.6. The minimum absolute atomic E-state index is 0.0421. The van der Waals surface area contributed by atoms with Crippen LogP contribution >= 0.6 is 23.5 Å². The Kier molecular flexibility index (Phi) is 13.8. The minimum Gasteiger partial charge on any atom is -0.481 e. The van der Waals surface area contributed by atoms with Crippen LogP contribution in [0.4, 0.5) is 0 Å². The molecule has 15 heteroatoms. The molecule has 0 aliphatic carbocycles. The number of carboxylic acids is 2. The molecule has 1 heterocycles. The zero-order valence-corrected chi connectivity index (χ0v) is 21.1. The Hall–Kier alpha value is -2.78. The van der Waals surface area contributed by atoms with Crippen LogP contribution in [0.3, 0.4) is 0 Å². The lowest BCUT2D eigenvalue weighted by atomic mass is 10.1. The van der Waals surface area contributed by atoms with E-state index in [1.807, 2.05) is 6.26 Å². The highest BCUT2D eigenvalue weighted by atomic mass is 32.2. The number of thioether (sulfide) groups is 2. The Morgan fingerprint density at radius 2 is 1.51 bits per heavy atom. The summed E-state index contributed by atoms with van der Waals surface area (Å²) in [5.74, 6) is -3.87. The van der Waals surface area contributed by atoms with Gasteiger partial charge < -0.3 is 36.9 Å². The van der Waals surface area contributed by atoms with Gasteiger partial charge in [0.05, 0.1) is 18.8 Å². The molecule has 35 heavy (non-hydrogen) atoms. The number of amides is 3. The Labute approximate surface area is 211 Å². The normalized spacial score (nSPS) is 14.3. The van der Waals surface area contributed by atoms with Crippen molar-refractivity contribution >= 4 is 53.2 Å². The van der Waals surface area contributed by atoms with Crippen LogP contribution < -0.4 is 21.7 Å². The first-order chi connectivity index (χ1) is 16.6. The highest BCUT2D eigenvalue weighted by molar-refractivity contribution is 7.98. The van der Waals surface area contributed by atoms with E-state index in [4.69, 9.17) is 10.8 Å². The van der Waals surface area contributed by atoms with Gasteiger partial charge in [-0.1, -0.05) is 0 Å². The molecule has 0 aliphatic rings. The van der Waals surface area contributed by atoms with Crippen molar-refractivity contribution in [3.8, 4) is 0 Å². The number of hydrogen-bond acceptors (Lipinski definition) is 9. The van der Waals surface area contributed by atoms with Crippen LogP contribution in [0.2, 0.25) is 0 Å². The van der Waals surface area contributed by atoms with Crippen LogP contribution in [0, 0.1) is 0 Å². The number of aromatic amines is 1. The highest BCUT2D eigenvalue weighted by Crippen LogP contribution is 2.06. The van der Waals surface area contributed by atoms with Crippen molar-refractivity contribution in [3.05, 3.63) is 18.2 Å². The number of aromatic nitrogens is 2. The maximum Gasteiger partial charge on any atom is 0.326 e. The fraction of sp³-hybridized carbons (Fsp3) is 0.600. The number of H-pyrrole nitrogens is 1. The van der Waals surface area contributed by atoms with Crippen LogP contribution in [-0.4, -0.2) is 98.0 Å². The van der Waals surface area contributed by atoms with Crippen molar-refractivity contribution < 1.29 is 34.2 Å². The van der Waals surface area contributed by atoms with Gasteiger partial charge in [-0.15, -0.1) is 0 Å². The standard InChI is InChI=1S/C20H32N6O7S2/c1-34-5-3-12(21)17(29)25-14(7-11-9-22-10-23-11)19(31)24-13(4-6-35-2)18(30)26-15(20(32)33)8-16(27)28/h9-10,12-15H,3-8,21H2,1-2H3,(H,22,23)(H,24,31)(H,25,29)(H,26,30)(H,27,28)(H,32,33). The van der Waals surface area contributed by atoms with Gasteiger partial charge in [0.15, 0.2) is 0 Å². The summed E-state index contributed by atoms with van der Waals surface area (Å²) in [5.41, 5.74) is 6.47. The van der Waals surface area contributed by atoms with Gasteiger partial charge in [0.25, 0.3) is 0 Å². The van der Waals surface area contributed by atoms with Gasteiger partial charge >= 0.3 is 11.9 Å². The molecule has 3 amide bonds. The number of carbonyl (C=O) groups is 5. The average molecular weight is 533 g/mol. The average Bonchev–Trinajstić information content (AvgIpc) is 3.31. The topological polar surface area (TPSA) is 217 Å². The summed E-state index contributed by atoms with van der Waals surface area (Å²) >= 11 is 2.93. The second-order valence-electron chi connectivity index (χ2n) is 7.57. The number of aliphatic carboxylic acids is 2. The first-order valence-corrected chi connectivity index (χ1v) is 13.4. The summed E-state index contributed by atoms with van der Waals surface area (Å²) in [6, 6.07) is -4.75. The second-order valence-corrected chi connectivity index (χ2v) is 9.54. The quantitative estimate of drug-likeness (QED) is 0.126. The van der Waals surface area contributed by atoms with Crippen molar-refractivity contribution in [2.45, 2.75) is 49.9 Å². The van der Waals surface area contributed by atoms with Gasteiger partial charge in [0.1, 0.15) is 18.1 Å². The molecule has 0 fully saturated rings. The fourth-order valence-corrected chi connectivity index (χ4v) is 3.87. The predicted molar refractivity (Wildman–Crippen MR) is 132 cm³/mol. The summed E-state index contributed by atoms with van der Waals surface area (Å²) < 4.78 is 0. The van der Waals surface area contributed by atoms with E-state index in [1.165, 1.54) is 36.0 Å². The van der Waals surface area contributed by atoms with Crippen LogP contribution in [0.5, 0.6) is 0 Å². The van der Waals surface area contributed by atoms with Crippen LogP contribution in [0.25, 0.3) is 0 Å². The van der Waals surface area contributed by atoms with Crippen LogP contribution in [-0.2, 0) is 30.4 Å². The van der Waals surface area contributed by atoms with E-state index < -0.39 is 60.2 Å². The molecule has 1 aromatic heterocycles. The Morgan fingerprint density at radius 1 is 0.943 bits per heavy atom. The molecule has 4 atom stereocenters. The summed E-state index contributed by atoms with van der Waals surface area (Å²) in [6.45, 7) is 0. The Bertz CT molecular complexity index is 855. The van der Waals surface area contributed by atoms with Crippen molar-refractivity contribution in [2.75, 3.05) is 24.0 Å². The lowest BCUT2D eigenvalue weighted by Crippen LogP contribution is -2.58. The van der Waals surface area contributed by atoms with Gasteiger partial charge in [-0.05, 0) is 36.9 Å². The van der Waals surface area contributed by atoms with Crippen molar-refractivity contribution in [3.63, 3.8) is 0 Å². The monoisotopic (exact) mass is 532 g/mol. The summed E-state index contributed by atoms with van der Waals surface area (Å²) in [5, 5.41) is 25.4. The predicted octanol–water partition coefficient (Wildman–Crippen LogP) is -1.20. The van der Waals surface area contributed by atoms with Crippen LogP contribution in [0.1, 0.15) is 25.0 Å². The first kappa shape index (κ1) is 30.3. The smallest absolute Gasteiger partial charge is 0.326 e. The van der Waals surface area contributed by atoms with Gasteiger partial charge in [-0.3, -0.25) is 19.2 Å². The number of carboxylic acid groups (broad SMARTS) is 2.